The summed E-state index contributed by atoms with van der Waals surface area (Å²) in [5, 5.41) is 0. The van der Waals surface area contributed by atoms with Gasteiger partial charge in [-0.1, -0.05) is 18.3 Å². The van der Waals surface area contributed by atoms with E-state index in [2.05, 4.69) is 0 Å². The van der Waals surface area contributed by atoms with Crippen LogP contribution in [-0.2, 0) is 10.0 Å². The Kier molecular flexibility index (Phi) is 3.72. The topological polar surface area (TPSA) is 72.6 Å². The lowest BCUT2D eigenvalue weighted by Gasteiger charge is -2.17. The summed E-state index contributed by atoms with van der Waals surface area (Å²) in [5.74, 6) is 0.757. The second-order valence-electron chi connectivity index (χ2n) is 3.99. The molecule has 2 rings (SSSR count). The van der Waals surface area contributed by atoms with E-state index in [0.717, 1.165) is 0 Å². The van der Waals surface area contributed by atoms with Gasteiger partial charge in [0.25, 0.3) is 0 Å². The fourth-order valence-electron chi connectivity index (χ4n) is 1.81. The van der Waals surface area contributed by atoms with Crippen LogP contribution in [0, 0.1) is 0 Å². The highest BCUT2D eigenvalue weighted by Crippen LogP contribution is 2.27. The first-order valence-corrected chi connectivity index (χ1v) is 7.52. The minimum Gasteiger partial charge on any atom is -0.486 e. The quantitative estimate of drug-likeness (QED) is 0.832. The number of rotatable bonds is 4. The van der Waals surface area contributed by atoms with Crippen molar-refractivity contribution < 1.29 is 13.2 Å². The van der Waals surface area contributed by atoms with Gasteiger partial charge in [-0.2, -0.15) is 0 Å². The van der Waals surface area contributed by atoms with Gasteiger partial charge in [-0.05, 0) is 18.6 Å². The van der Waals surface area contributed by atoms with Crippen molar-refractivity contribution >= 4 is 32.9 Å². The molecule has 98 valence electrons. The van der Waals surface area contributed by atoms with Crippen LogP contribution in [0.3, 0.4) is 0 Å². The molecule has 2 N–H and O–H groups in total. The third kappa shape index (κ3) is 2.91. The van der Waals surface area contributed by atoms with Crippen molar-refractivity contribution in [3.63, 3.8) is 0 Å². The van der Waals surface area contributed by atoms with Crippen molar-refractivity contribution in [1.82, 2.24) is 0 Å². The van der Waals surface area contributed by atoms with Gasteiger partial charge in [0, 0.05) is 12.6 Å². The minimum absolute atomic E-state index is 0.144. The van der Waals surface area contributed by atoms with Crippen molar-refractivity contribution in [3.8, 4) is 5.75 Å². The number of anilines is 1. The van der Waals surface area contributed by atoms with E-state index >= 15 is 0 Å². The summed E-state index contributed by atoms with van der Waals surface area (Å²) in [5.41, 5.74) is 5.96. The number of ether oxygens (including phenoxy) is 1. The zero-order chi connectivity index (χ0) is 13.2. The normalized spacial score (nSPS) is 17.7. The van der Waals surface area contributed by atoms with Crippen molar-refractivity contribution in [1.29, 1.82) is 0 Å². The Labute approximate surface area is 112 Å². The van der Waals surface area contributed by atoms with Crippen LogP contribution < -0.4 is 14.8 Å². The Balaban J connectivity index is 2.19. The number of benzene rings is 1. The molecule has 1 heterocycles. The number of hydrogen-bond acceptors (Lipinski definition) is 4. The van der Waals surface area contributed by atoms with Gasteiger partial charge < -0.3 is 10.5 Å². The van der Waals surface area contributed by atoms with Crippen molar-refractivity contribution in [3.05, 3.63) is 24.3 Å². The molecule has 0 aliphatic carbocycles. The third-order valence-electron chi connectivity index (χ3n) is 2.59. The number of sulfonamides is 1. The van der Waals surface area contributed by atoms with E-state index in [1.807, 2.05) is 0 Å². The summed E-state index contributed by atoms with van der Waals surface area (Å²) >= 11 is 4.72. The summed E-state index contributed by atoms with van der Waals surface area (Å²) in [7, 11) is -3.16. The molecule has 0 aromatic heterocycles. The molecule has 1 aliphatic rings. The molecule has 0 atom stereocenters. The molecule has 1 saturated heterocycles. The van der Waals surface area contributed by atoms with Gasteiger partial charge in [0.2, 0.25) is 10.0 Å². The van der Waals surface area contributed by atoms with Gasteiger partial charge in [0.05, 0.1) is 11.4 Å². The third-order valence-corrected chi connectivity index (χ3v) is 4.57. The molecular weight excluding hydrogens is 272 g/mol. The SMILES string of the molecule is NC(=S)COc1cccc(N2CCCS2(=O)=O)c1. The standard InChI is InChI=1S/C11H14N2O3S2/c12-11(17)8-16-10-4-1-3-9(7-10)13-5-2-6-18(13,14)15/h1,3-4,7H,2,5-6,8H2,(H2,12,17). The molecule has 0 radical (unpaired) electrons. The largest absolute Gasteiger partial charge is 0.486 e. The van der Waals surface area contributed by atoms with Crippen LogP contribution in [0.4, 0.5) is 5.69 Å². The van der Waals surface area contributed by atoms with Gasteiger partial charge in [0.1, 0.15) is 17.3 Å². The molecule has 18 heavy (non-hydrogen) atoms. The van der Waals surface area contributed by atoms with Gasteiger partial charge in [-0.3, -0.25) is 4.31 Å². The highest BCUT2D eigenvalue weighted by atomic mass is 32.2. The predicted octanol–water partition coefficient (Wildman–Crippen LogP) is 0.891. The van der Waals surface area contributed by atoms with E-state index < -0.39 is 10.0 Å². The molecule has 1 aromatic rings. The number of hydrogen-bond donors (Lipinski definition) is 1. The zero-order valence-electron chi connectivity index (χ0n) is 9.70. The maximum absolute atomic E-state index is 11.8. The molecule has 5 nitrogen and oxygen atoms in total. The van der Waals surface area contributed by atoms with E-state index in [1.165, 1.54) is 4.31 Å². The Morgan fingerprint density at radius 3 is 2.89 bits per heavy atom. The van der Waals surface area contributed by atoms with E-state index in [0.29, 0.717) is 24.4 Å². The number of thiocarbonyl (C=S) groups is 1. The highest BCUT2D eigenvalue weighted by molar-refractivity contribution is 7.93. The summed E-state index contributed by atoms with van der Waals surface area (Å²) in [6.45, 7) is 0.659. The highest BCUT2D eigenvalue weighted by Gasteiger charge is 2.28. The van der Waals surface area contributed by atoms with E-state index in [9.17, 15) is 8.42 Å². The van der Waals surface area contributed by atoms with E-state index in [1.54, 1.807) is 24.3 Å². The Morgan fingerprint density at radius 1 is 1.50 bits per heavy atom. The second kappa shape index (κ2) is 5.11. The fraction of sp³-hybridized carbons (Fsp3) is 0.364. The lowest BCUT2D eigenvalue weighted by molar-refractivity contribution is 0.378. The molecule has 0 spiro atoms. The number of nitrogens with zero attached hydrogens (tertiary/aromatic N) is 1. The van der Waals surface area contributed by atoms with Crippen molar-refractivity contribution in [2.45, 2.75) is 6.42 Å². The Bertz CT molecular complexity index is 557. The molecule has 1 fully saturated rings. The molecule has 0 amide bonds. The van der Waals surface area contributed by atoms with Crippen LogP contribution in [0.2, 0.25) is 0 Å². The van der Waals surface area contributed by atoms with Crippen LogP contribution in [0.25, 0.3) is 0 Å². The molecule has 0 saturated carbocycles. The molecule has 0 unspecified atom stereocenters. The van der Waals surface area contributed by atoms with E-state index in [4.69, 9.17) is 22.7 Å². The molecular formula is C11H14N2O3S2. The van der Waals surface area contributed by atoms with Crippen LogP contribution >= 0.6 is 12.2 Å². The van der Waals surface area contributed by atoms with Crippen molar-refractivity contribution in [2.75, 3.05) is 23.2 Å². The average Bonchev–Trinajstić information content (AvgIpc) is 2.67. The first-order chi connectivity index (χ1) is 8.49. The summed E-state index contributed by atoms with van der Waals surface area (Å²) < 4.78 is 30.3. The molecule has 1 aliphatic heterocycles. The molecule has 0 bridgehead atoms. The van der Waals surface area contributed by atoms with Crippen LogP contribution in [0.1, 0.15) is 6.42 Å². The van der Waals surface area contributed by atoms with Gasteiger partial charge in [0.15, 0.2) is 0 Å². The smallest absolute Gasteiger partial charge is 0.235 e. The minimum atomic E-state index is -3.16. The molecule has 7 heteroatoms. The Morgan fingerprint density at radius 2 is 2.28 bits per heavy atom. The lowest BCUT2D eigenvalue weighted by Crippen LogP contribution is -2.25. The van der Waals surface area contributed by atoms with Gasteiger partial charge in [-0.25, -0.2) is 8.42 Å². The summed E-state index contributed by atoms with van der Waals surface area (Å²) in [4.78, 5) is 0.259. The summed E-state index contributed by atoms with van der Waals surface area (Å²) in [6, 6.07) is 6.92. The Hall–Kier alpha value is -1.34. The van der Waals surface area contributed by atoms with Crippen molar-refractivity contribution in [2.24, 2.45) is 5.73 Å². The van der Waals surface area contributed by atoms with Crippen LogP contribution in [0.5, 0.6) is 5.75 Å². The summed E-state index contributed by atoms with van der Waals surface area (Å²) in [6.07, 6.45) is 0.653. The zero-order valence-corrected chi connectivity index (χ0v) is 11.3. The average molecular weight is 286 g/mol. The maximum atomic E-state index is 11.8. The maximum Gasteiger partial charge on any atom is 0.235 e. The van der Waals surface area contributed by atoms with E-state index in [-0.39, 0.29) is 17.3 Å². The van der Waals surface area contributed by atoms with Crippen LogP contribution in [-0.4, -0.2) is 32.3 Å². The fourth-order valence-corrected chi connectivity index (χ4v) is 3.43. The monoisotopic (exact) mass is 286 g/mol. The molecule has 1 aromatic carbocycles. The predicted molar refractivity (Wildman–Crippen MR) is 74.5 cm³/mol. The lowest BCUT2D eigenvalue weighted by atomic mass is 10.3. The first kappa shape index (κ1) is 13.1. The first-order valence-electron chi connectivity index (χ1n) is 5.50. The van der Waals surface area contributed by atoms with Gasteiger partial charge >= 0.3 is 0 Å². The number of nitrogens with two attached hydrogens (primary N) is 1. The van der Waals surface area contributed by atoms with Gasteiger partial charge in [-0.15, -0.1) is 0 Å². The van der Waals surface area contributed by atoms with Crippen LogP contribution in [0.15, 0.2) is 24.3 Å². The second-order valence-corrected chi connectivity index (χ2v) is 6.53.